The number of aromatic nitrogens is 1. The highest BCUT2D eigenvalue weighted by molar-refractivity contribution is 7.18. The summed E-state index contributed by atoms with van der Waals surface area (Å²) >= 11 is 7.59. The second-order valence-electron chi connectivity index (χ2n) is 6.09. The first-order valence-corrected chi connectivity index (χ1v) is 9.82. The van der Waals surface area contributed by atoms with Crippen molar-refractivity contribution in [3.63, 3.8) is 0 Å². The molecule has 1 aromatic heterocycles. The number of hydrogen-bond acceptors (Lipinski definition) is 4. The van der Waals surface area contributed by atoms with E-state index in [1.807, 2.05) is 42.5 Å². The Bertz CT molecular complexity index is 831. The van der Waals surface area contributed by atoms with Crippen LogP contribution in [0.4, 0.5) is 0 Å². The number of aliphatic hydroxyl groups is 1. The molecule has 0 aliphatic heterocycles. The monoisotopic (exact) mass is 388 g/mol. The molecule has 2 aromatic carbocycles. The fourth-order valence-electron chi connectivity index (χ4n) is 2.80. The molecule has 0 unspecified atom stereocenters. The van der Waals surface area contributed by atoms with Crippen molar-refractivity contribution in [1.29, 1.82) is 0 Å². The van der Waals surface area contributed by atoms with E-state index >= 15 is 0 Å². The predicted molar refractivity (Wildman–Crippen MR) is 107 cm³/mol. The van der Waals surface area contributed by atoms with Gasteiger partial charge < -0.3 is 10.0 Å². The summed E-state index contributed by atoms with van der Waals surface area (Å²) in [5, 5.41) is 11.0. The summed E-state index contributed by atoms with van der Waals surface area (Å²) in [6.07, 6.45) is 1.99. The molecule has 0 fully saturated rings. The molecule has 26 heavy (non-hydrogen) atoms. The maximum absolute atomic E-state index is 12.5. The van der Waals surface area contributed by atoms with Crippen LogP contribution in [-0.4, -0.2) is 34.0 Å². The maximum Gasteiger partial charge on any atom is 0.222 e. The summed E-state index contributed by atoms with van der Waals surface area (Å²) in [5.41, 5.74) is 2.02. The standard InChI is InChI=1S/C20H21ClN2O2S/c21-16-10-8-15(9-11-16)14-23(12-13-24)20(25)7-3-6-19-22-17-4-1-2-5-18(17)26-19/h1-2,4-5,8-11,24H,3,6-7,12-14H2. The lowest BCUT2D eigenvalue weighted by atomic mass is 10.2. The molecule has 0 spiro atoms. The number of nitrogens with zero attached hydrogens (tertiary/aromatic N) is 2. The van der Waals surface area contributed by atoms with Crippen molar-refractivity contribution in [2.24, 2.45) is 0 Å². The third kappa shape index (κ3) is 5.04. The van der Waals surface area contributed by atoms with Crippen molar-refractivity contribution in [2.75, 3.05) is 13.2 Å². The minimum Gasteiger partial charge on any atom is -0.395 e. The molecule has 3 rings (SSSR count). The number of carbonyl (C=O) groups is 1. The molecule has 1 amide bonds. The lowest BCUT2D eigenvalue weighted by molar-refractivity contribution is -0.132. The molecule has 0 aliphatic carbocycles. The zero-order chi connectivity index (χ0) is 18.4. The summed E-state index contributed by atoms with van der Waals surface area (Å²) in [4.78, 5) is 18.8. The first-order chi connectivity index (χ1) is 12.7. The second-order valence-corrected chi connectivity index (χ2v) is 7.65. The SMILES string of the molecule is O=C(CCCc1nc2ccccc2s1)N(CCO)Cc1ccc(Cl)cc1. The van der Waals surface area contributed by atoms with E-state index in [9.17, 15) is 9.90 Å². The van der Waals surface area contributed by atoms with Gasteiger partial charge in [0.1, 0.15) is 0 Å². The molecule has 6 heteroatoms. The van der Waals surface area contributed by atoms with Crippen LogP contribution >= 0.6 is 22.9 Å². The molecule has 0 bridgehead atoms. The number of fused-ring (bicyclic) bond motifs is 1. The quantitative estimate of drug-likeness (QED) is 0.626. The molecule has 3 aromatic rings. The van der Waals surface area contributed by atoms with Crippen molar-refractivity contribution in [3.8, 4) is 0 Å². The van der Waals surface area contributed by atoms with Crippen LogP contribution in [-0.2, 0) is 17.8 Å². The van der Waals surface area contributed by atoms with Crippen LogP contribution in [0, 0.1) is 0 Å². The van der Waals surface area contributed by atoms with E-state index in [2.05, 4.69) is 11.1 Å². The van der Waals surface area contributed by atoms with Gasteiger partial charge in [-0.05, 0) is 42.7 Å². The lowest BCUT2D eigenvalue weighted by Gasteiger charge is -2.22. The number of para-hydroxylation sites is 1. The van der Waals surface area contributed by atoms with E-state index in [0.29, 0.717) is 24.5 Å². The van der Waals surface area contributed by atoms with Gasteiger partial charge in [-0.1, -0.05) is 35.9 Å². The molecule has 1 N–H and O–H groups in total. The minimum absolute atomic E-state index is 0.0444. The maximum atomic E-state index is 12.5. The summed E-state index contributed by atoms with van der Waals surface area (Å²) < 4.78 is 1.18. The first kappa shape index (κ1) is 18.8. The van der Waals surface area contributed by atoms with Crippen LogP contribution in [0.25, 0.3) is 10.2 Å². The predicted octanol–water partition coefficient (Wildman–Crippen LogP) is 4.29. The fourth-order valence-corrected chi connectivity index (χ4v) is 3.93. The molecule has 4 nitrogen and oxygen atoms in total. The van der Waals surface area contributed by atoms with E-state index < -0.39 is 0 Å². The van der Waals surface area contributed by atoms with E-state index in [-0.39, 0.29) is 12.5 Å². The molecule has 0 atom stereocenters. The summed E-state index contributed by atoms with van der Waals surface area (Å²) in [5.74, 6) is 0.0510. The smallest absolute Gasteiger partial charge is 0.222 e. The van der Waals surface area contributed by atoms with Crippen molar-refractivity contribution in [1.82, 2.24) is 9.88 Å². The topological polar surface area (TPSA) is 53.4 Å². The molecular weight excluding hydrogens is 368 g/mol. The Hall–Kier alpha value is -1.95. The van der Waals surface area contributed by atoms with E-state index in [1.165, 1.54) is 4.70 Å². The zero-order valence-corrected chi connectivity index (χ0v) is 16.0. The third-order valence-electron chi connectivity index (χ3n) is 4.13. The lowest BCUT2D eigenvalue weighted by Crippen LogP contribution is -2.33. The van der Waals surface area contributed by atoms with E-state index in [4.69, 9.17) is 11.6 Å². The highest BCUT2D eigenvalue weighted by Crippen LogP contribution is 2.23. The fraction of sp³-hybridized carbons (Fsp3) is 0.300. The Morgan fingerprint density at radius 3 is 2.65 bits per heavy atom. The average molecular weight is 389 g/mol. The number of aryl methyl sites for hydroxylation is 1. The second kappa shape index (κ2) is 9.12. The van der Waals surface area contributed by atoms with Gasteiger partial charge in [0.2, 0.25) is 5.91 Å². The van der Waals surface area contributed by atoms with E-state index in [0.717, 1.165) is 28.9 Å². The molecule has 136 valence electrons. The highest BCUT2D eigenvalue weighted by atomic mass is 35.5. The van der Waals surface area contributed by atoms with Gasteiger partial charge in [0.05, 0.1) is 21.8 Å². The number of benzene rings is 2. The molecule has 0 saturated carbocycles. The third-order valence-corrected chi connectivity index (χ3v) is 5.48. The molecule has 0 aliphatic rings. The van der Waals surface area contributed by atoms with Gasteiger partial charge >= 0.3 is 0 Å². The van der Waals surface area contributed by atoms with Crippen LogP contribution in [0.5, 0.6) is 0 Å². The van der Waals surface area contributed by atoms with Crippen molar-refractivity contribution in [3.05, 3.63) is 64.1 Å². The highest BCUT2D eigenvalue weighted by Gasteiger charge is 2.14. The summed E-state index contributed by atoms with van der Waals surface area (Å²) in [6.45, 7) is 0.775. The van der Waals surface area contributed by atoms with E-state index in [1.54, 1.807) is 16.2 Å². The summed E-state index contributed by atoms with van der Waals surface area (Å²) in [6, 6.07) is 15.5. The van der Waals surface area contributed by atoms with Gasteiger partial charge in [-0.25, -0.2) is 4.98 Å². The van der Waals surface area contributed by atoms with Crippen LogP contribution in [0.15, 0.2) is 48.5 Å². The number of carbonyl (C=O) groups excluding carboxylic acids is 1. The molecule has 0 saturated heterocycles. The number of thiazole rings is 1. The molecular formula is C20H21ClN2O2S. The minimum atomic E-state index is -0.0444. The average Bonchev–Trinajstić information content (AvgIpc) is 3.06. The van der Waals surface area contributed by atoms with Crippen LogP contribution in [0.3, 0.4) is 0 Å². The van der Waals surface area contributed by atoms with Gasteiger partial charge in [-0.3, -0.25) is 4.79 Å². The van der Waals surface area contributed by atoms with Gasteiger partial charge in [-0.2, -0.15) is 0 Å². The van der Waals surface area contributed by atoms with Crippen LogP contribution < -0.4 is 0 Å². The molecule has 1 heterocycles. The Labute approximate surface area is 162 Å². The van der Waals surface area contributed by atoms with Gasteiger partial charge in [0.15, 0.2) is 0 Å². The van der Waals surface area contributed by atoms with Gasteiger partial charge in [0, 0.05) is 24.5 Å². The Kier molecular flexibility index (Phi) is 6.61. The number of amides is 1. The Morgan fingerprint density at radius 2 is 1.92 bits per heavy atom. The van der Waals surface area contributed by atoms with Crippen molar-refractivity contribution < 1.29 is 9.90 Å². The number of hydrogen-bond donors (Lipinski definition) is 1. The largest absolute Gasteiger partial charge is 0.395 e. The Balaban J connectivity index is 1.54. The van der Waals surface area contributed by atoms with Gasteiger partial charge in [0.25, 0.3) is 0 Å². The van der Waals surface area contributed by atoms with Gasteiger partial charge in [-0.15, -0.1) is 11.3 Å². The number of aliphatic hydroxyl groups excluding tert-OH is 1. The van der Waals surface area contributed by atoms with Crippen LogP contribution in [0.1, 0.15) is 23.4 Å². The normalized spacial score (nSPS) is 11.0. The number of rotatable bonds is 8. The van der Waals surface area contributed by atoms with Crippen LogP contribution in [0.2, 0.25) is 5.02 Å². The first-order valence-electron chi connectivity index (χ1n) is 8.63. The Morgan fingerprint density at radius 1 is 1.15 bits per heavy atom. The van der Waals surface area contributed by atoms with Crippen molar-refractivity contribution >= 4 is 39.1 Å². The summed E-state index contributed by atoms with van der Waals surface area (Å²) in [7, 11) is 0. The van der Waals surface area contributed by atoms with Crippen molar-refractivity contribution in [2.45, 2.75) is 25.8 Å². The molecule has 0 radical (unpaired) electrons. The number of halogens is 1. The zero-order valence-electron chi connectivity index (χ0n) is 14.4.